The summed E-state index contributed by atoms with van der Waals surface area (Å²) in [5, 5.41) is 8.24. The number of carbonyl (C=O) groups excluding carboxylic acids is 1. The molecule has 26 heavy (non-hydrogen) atoms. The number of aromatic nitrogens is 2. The number of amides is 1. The summed E-state index contributed by atoms with van der Waals surface area (Å²) in [5.41, 5.74) is 0.718. The summed E-state index contributed by atoms with van der Waals surface area (Å²) in [6, 6.07) is 6.56. The first-order valence-electron chi connectivity index (χ1n) is 7.88. The van der Waals surface area contributed by atoms with Gasteiger partial charge in [0.25, 0.3) is 0 Å². The van der Waals surface area contributed by atoms with E-state index < -0.39 is 9.84 Å². The molecule has 2 aromatic rings. The molecule has 1 atom stereocenters. The average Bonchev–Trinajstić information content (AvgIpc) is 3.10. The minimum absolute atomic E-state index is 0.0455. The van der Waals surface area contributed by atoms with E-state index in [1.165, 1.54) is 11.8 Å². The highest BCUT2D eigenvalue weighted by Gasteiger charge is 2.31. The van der Waals surface area contributed by atoms with Gasteiger partial charge >= 0.3 is 0 Å². The Morgan fingerprint density at radius 1 is 1.38 bits per heavy atom. The lowest BCUT2D eigenvalue weighted by Crippen LogP contribution is -2.20. The number of sulfone groups is 1. The zero-order valence-corrected chi connectivity index (χ0v) is 17.1. The first kappa shape index (κ1) is 19.5. The van der Waals surface area contributed by atoms with Crippen molar-refractivity contribution in [3.8, 4) is 0 Å². The quantitative estimate of drug-likeness (QED) is 0.728. The molecule has 0 radical (unpaired) electrons. The molecule has 1 N–H and O–H groups in total. The number of anilines is 1. The lowest BCUT2D eigenvalue weighted by molar-refractivity contribution is -0.113. The fourth-order valence-corrected chi connectivity index (χ4v) is 5.75. The van der Waals surface area contributed by atoms with E-state index in [1.807, 2.05) is 0 Å². The zero-order valence-electron chi connectivity index (χ0n) is 13.9. The van der Waals surface area contributed by atoms with E-state index in [4.69, 9.17) is 23.2 Å². The highest BCUT2D eigenvalue weighted by atomic mass is 35.5. The molecule has 0 spiro atoms. The Morgan fingerprint density at radius 2 is 2.15 bits per heavy atom. The molecule has 1 saturated heterocycles. The molecule has 140 valence electrons. The smallest absolute Gasteiger partial charge is 0.235 e. The van der Waals surface area contributed by atoms with Gasteiger partial charge in [-0.15, -0.1) is 11.8 Å². The molecule has 10 heteroatoms. The molecule has 3 rings (SSSR count). The van der Waals surface area contributed by atoms with Crippen molar-refractivity contribution in [1.29, 1.82) is 0 Å². The normalized spacial score (nSPS) is 18.8. The molecular weight excluding hydrogens is 417 g/mol. The van der Waals surface area contributed by atoms with Gasteiger partial charge < -0.3 is 5.32 Å². The van der Waals surface area contributed by atoms with Crippen molar-refractivity contribution in [2.24, 2.45) is 0 Å². The Bertz CT molecular complexity index is 944. The third-order valence-electron chi connectivity index (χ3n) is 3.93. The highest BCUT2D eigenvalue weighted by molar-refractivity contribution is 8.00. The number of halogens is 2. The maximum absolute atomic E-state index is 12.3. The van der Waals surface area contributed by atoms with Gasteiger partial charge in [-0.3, -0.25) is 4.79 Å². The van der Waals surface area contributed by atoms with Crippen molar-refractivity contribution in [3.63, 3.8) is 0 Å². The van der Waals surface area contributed by atoms with Gasteiger partial charge in [0.1, 0.15) is 5.82 Å². The maximum atomic E-state index is 12.3. The van der Waals surface area contributed by atoms with Crippen LogP contribution in [-0.2, 0) is 14.6 Å². The minimum atomic E-state index is -3.04. The van der Waals surface area contributed by atoms with E-state index in [2.05, 4.69) is 10.4 Å². The van der Waals surface area contributed by atoms with Gasteiger partial charge in [-0.2, -0.15) is 5.10 Å². The van der Waals surface area contributed by atoms with Crippen LogP contribution >= 0.6 is 35.0 Å². The van der Waals surface area contributed by atoms with E-state index in [1.54, 1.807) is 35.9 Å². The van der Waals surface area contributed by atoms with Crippen LogP contribution in [0.25, 0.3) is 0 Å². The van der Waals surface area contributed by atoms with Crippen molar-refractivity contribution in [1.82, 2.24) is 9.78 Å². The SMILES string of the molecule is Cc1cc(NC(=O)CSc2cc(Cl)ccc2Cl)n([C@@H]2CCS(=O)(=O)C2)n1. The van der Waals surface area contributed by atoms with Gasteiger partial charge in [0.15, 0.2) is 9.84 Å². The summed E-state index contributed by atoms with van der Waals surface area (Å²) in [5.74, 6) is 0.616. The number of benzene rings is 1. The summed E-state index contributed by atoms with van der Waals surface area (Å²) in [7, 11) is -3.04. The van der Waals surface area contributed by atoms with Crippen molar-refractivity contribution in [2.75, 3.05) is 22.6 Å². The number of hydrogen-bond donors (Lipinski definition) is 1. The Balaban J connectivity index is 1.67. The number of carbonyl (C=O) groups is 1. The topological polar surface area (TPSA) is 81.1 Å². The largest absolute Gasteiger partial charge is 0.310 e. The molecule has 6 nitrogen and oxygen atoms in total. The molecule has 1 amide bonds. The molecule has 2 heterocycles. The number of thioether (sulfide) groups is 1. The summed E-state index contributed by atoms with van der Waals surface area (Å²) in [6.07, 6.45) is 0.499. The molecule has 0 saturated carbocycles. The molecular formula is C16H17Cl2N3O3S2. The van der Waals surface area contributed by atoms with Crippen LogP contribution in [0.5, 0.6) is 0 Å². The predicted molar refractivity (Wildman–Crippen MR) is 105 cm³/mol. The lowest BCUT2D eigenvalue weighted by atomic mass is 10.3. The summed E-state index contributed by atoms with van der Waals surface area (Å²) >= 11 is 13.3. The Kier molecular flexibility index (Phi) is 5.86. The molecule has 1 aliphatic rings. The van der Waals surface area contributed by atoms with Crippen LogP contribution < -0.4 is 5.32 Å². The maximum Gasteiger partial charge on any atom is 0.235 e. The van der Waals surface area contributed by atoms with Gasteiger partial charge in [-0.1, -0.05) is 23.2 Å². The number of aryl methyl sites for hydroxylation is 1. The summed E-state index contributed by atoms with van der Waals surface area (Å²) in [6.45, 7) is 1.80. The predicted octanol–water partition coefficient (Wildman–Crippen LogP) is 3.59. The second-order valence-electron chi connectivity index (χ2n) is 6.08. The van der Waals surface area contributed by atoms with Crippen molar-refractivity contribution >= 4 is 56.5 Å². The molecule has 1 aliphatic heterocycles. The van der Waals surface area contributed by atoms with Gasteiger partial charge in [0.2, 0.25) is 5.91 Å². The third-order valence-corrected chi connectivity index (χ3v) is 7.41. The van der Waals surface area contributed by atoms with Crippen molar-refractivity contribution in [3.05, 3.63) is 40.0 Å². The average molecular weight is 434 g/mol. The van der Waals surface area contributed by atoms with E-state index in [9.17, 15) is 13.2 Å². The second kappa shape index (κ2) is 7.80. The summed E-state index contributed by atoms with van der Waals surface area (Å²) in [4.78, 5) is 13.0. The van der Waals surface area contributed by atoms with Crippen molar-refractivity contribution < 1.29 is 13.2 Å². The fourth-order valence-electron chi connectivity index (χ4n) is 2.77. The standard InChI is InChI=1S/C16H17Cl2N3O3S2/c1-10-6-15(21(20-10)12-4-5-26(23,24)9-12)19-16(22)8-25-14-7-11(17)2-3-13(14)18/h2-3,6-7,12H,4-5,8-9H2,1H3,(H,19,22)/t12-/m1/s1. The lowest BCUT2D eigenvalue weighted by Gasteiger charge is -2.13. The molecule has 1 aromatic carbocycles. The van der Waals surface area contributed by atoms with Gasteiger partial charge in [-0.25, -0.2) is 13.1 Å². The first-order chi connectivity index (χ1) is 12.2. The van der Waals surface area contributed by atoms with E-state index >= 15 is 0 Å². The summed E-state index contributed by atoms with van der Waals surface area (Å²) < 4.78 is 25.0. The fraction of sp³-hybridized carbons (Fsp3) is 0.375. The Morgan fingerprint density at radius 3 is 2.85 bits per heavy atom. The van der Waals surface area contributed by atoms with Crippen LogP contribution in [0.2, 0.25) is 10.0 Å². The number of hydrogen-bond acceptors (Lipinski definition) is 5. The monoisotopic (exact) mass is 433 g/mol. The Hall–Kier alpha value is -1.22. The van der Waals surface area contributed by atoms with E-state index in [0.717, 1.165) is 10.6 Å². The number of nitrogens with zero attached hydrogens (tertiary/aromatic N) is 2. The highest BCUT2D eigenvalue weighted by Crippen LogP contribution is 2.30. The van der Waals surface area contributed by atoms with Crippen LogP contribution in [0.3, 0.4) is 0 Å². The van der Waals surface area contributed by atoms with Crippen LogP contribution in [0.1, 0.15) is 18.2 Å². The van der Waals surface area contributed by atoms with Gasteiger partial charge in [-0.05, 0) is 31.5 Å². The Labute approximate surface area is 166 Å². The van der Waals surface area contributed by atoms with Crippen LogP contribution in [0, 0.1) is 6.92 Å². The second-order valence-corrected chi connectivity index (χ2v) is 10.2. The zero-order chi connectivity index (χ0) is 18.9. The molecule has 0 unspecified atom stereocenters. The molecule has 0 aliphatic carbocycles. The first-order valence-corrected chi connectivity index (χ1v) is 11.4. The van der Waals surface area contributed by atoms with Crippen LogP contribution in [-0.4, -0.2) is 41.4 Å². The minimum Gasteiger partial charge on any atom is -0.310 e. The molecule has 0 bridgehead atoms. The van der Waals surface area contributed by atoms with Crippen molar-refractivity contribution in [2.45, 2.75) is 24.3 Å². The van der Waals surface area contributed by atoms with E-state index in [0.29, 0.717) is 22.3 Å². The number of nitrogens with one attached hydrogen (secondary N) is 1. The number of rotatable bonds is 5. The third kappa shape index (κ3) is 4.73. The molecule has 1 aromatic heterocycles. The van der Waals surface area contributed by atoms with Crippen LogP contribution in [0.15, 0.2) is 29.2 Å². The van der Waals surface area contributed by atoms with Gasteiger partial charge in [0.05, 0.1) is 34.0 Å². The van der Waals surface area contributed by atoms with E-state index in [-0.39, 0.29) is 29.2 Å². The molecule has 1 fully saturated rings. The van der Waals surface area contributed by atoms with Crippen LogP contribution in [0.4, 0.5) is 5.82 Å². The van der Waals surface area contributed by atoms with Gasteiger partial charge in [0, 0.05) is 16.0 Å².